The van der Waals surface area contributed by atoms with E-state index in [1.54, 1.807) is 0 Å². The lowest BCUT2D eigenvalue weighted by Crippen LogP contribution is -2.46. The quantitative estimate of drug-likeness (QED) is 0.886. The van der Waals surface area contributed by atoms with Gasteiger partial charge < -0.3 is 10.2 Å². The standard InChI is InChI=1S/C16H18N2O/c19-16(18-10-8-17-9-11-18)12-14-6-3-5-13-4-1-2-7-15(13)14/h1-7,17H,8-12H2. The van der Waals surface area contributed by atoms with Gasteiger partial charge in [0.25, 0.3) is 0 Å². The van der Waals surface area contributed by atoms with Crippen LogP contribution in [0.1, 0.15) is 5.56 Å². The molecule has 1 amide bonds. The fourth-order valence-electron chi connectivity index (χ4n) is 2.64. The van der Waals surface area contributed by atoms with Gasteiger partial charge in [0.05, 0.1) is 6.42 Å². The first-order chi connectivity index (χ1) is 9.34. The van der Waals surface area contributed by atoms with Gasteiger partial charge in [0, 0.05) is 26.2 Å². The van der Waals surface area contributed by atoms with Crippen molar-refractivity contribution in [3.8, 4) is 0 Å². The minimum absolute atomic E-state index is 0.234. The molecule has 2 aromatic rings. The lowest BCUT2D eigenvalue weighted by atomic mass is 10.0. The second-order valence-electron chi connectivity index (χ2n) is 4.95. The van der Waals surface area contributed by atoms with E-state index in [1.165, 1.54) is 10.8 Å². The van der Waals surface area contributed by atoms with Gasteiger partial charge in [0.2, 0.25) is 5.91 Å². The van der Waals surface area contributed by atoms with E-state index in [0.717, 1.165) is 31.7 Å². The molecule has 3 heteroatoms. The van der Waals surface area contributed by atoms with Gasteiger partial charge in [0.15, 0.2) is 0 Å². The van der Waals surface area contributed by atoms with E-state index in [0.29, 0.717) is 6.42 Å². The number of nitrogens with one attached hydrogen (secondary N) is 1. The number of hydrogen-bond acceptors (Lipinski definition) is 2. The molecule has 0 unspecified atom stereocenters. The van der Waals surface area contributed by atoms with E-state index in [9.17, 15) is 4.79 Å². The number of hydrogen-bond donors (Lipinski definition) is 1. The highest BCUT2D eigenvalue weighted by Gasteiger charge is 2.16. The summed E-state index contributed by atoms with van der Waals surface area (Å²) in [5.74, 6) is 0.234. The third-order valence-corrected chi connectivity index (χ3v) is 3.69. The summed E-state index contributed by atoms with van der Waals surface area (Å²) in [6, 6.07) is 14.4. The average Bonchev–Trinajstić information content (AvgIpc) is 2.48. The molecule has 3 nitrogen and oxygen atoms in total. The molecule has 0 aromatic heterocycles. The van der Waals surface area contributed by atoms with Crippen LogP contribution in [0, 0.1) is 0 Å². The van der Waals surface area contributed by atoms with Crippen molar-refractivity contribution in [3.05, 3.63) is 48.0 Å². The number of amides is 1. The van der Waals surface area contributed by atoms with Gasteiger partial charge in [-0.1, -0.05) is 42.5 Å². The summed E-state index contributed by atoms with van der Waals surface area (Å²) in [6.45, 7) is 3.45. The molecular formula is C16H18N2O. The van der Waals surface area contributed by atoms with Gasteiger partial charge in [-0.25, -0.2) is 0 Å². The van der Waals surface area contributed by atoms with Crippen LogP contribution >= 0.6 is 0 Å². The maximum absolute atomic E-state index is 12.3. The first kappa shape index (κ1) is 12.2. The van der Waals surface area contributed by atoms with Gasteiger partial charge in [0.1, 0.15) is 0 Å². The van der Waals surface area contributed by atoms with Gasteiger partial charge in [-0.05, 0) is 16.3 Å². The van der Waals surface area contributed by atoms with Crippen molar-refractivity contribution in [2.45, 2.75) is 6.42 Å². The highest BCUT2D eigenvalue weighted by Crippen LogP contribution is 2.19. The van der Waals surface area contributed by atoms with E-state index in [1.807, 2.05) is 23.1 Å². The lowest BCUT2D eigenvalue weighted by Gasteiger charge is -2.27. The number of nitrogens with zero attached hydrogens (tertiary/aromatic N) is 1. The van der Waals surface area contributed by atoms with Crippen LogP contribution in [0.5, 0.6) is 0 Å². The number of piperazine rings is 1. The molecule has 0 aliphatic carbocycles. The Morgan fingerprint density at radius 3 is 2.63 bits per heavy atom. The van der Waals surface area contributed by atoms with Crippen LogP contribution < -0.4 is 5.32 Å². The third kappa shape index (κ3) is 2.61. The van der Waals surface area contributed by atoms with Gasteiger partial charge in [-0.3, -0.25) is 4.79 Å². The predicted octanol–water partition coefficient (Wildman–Crippen LogP) is 1.81. The molecule has 2 aromatic carbocycles. The van der Waals surface area contributed by atoms with Crippen LogP contribution in [-0.2, 0) is 11.2 Å². The minimum Gasteiger partial charge on any atom is -0.340 e. The summed E-state index contributed by atoms with van der Waals surface area (Å²) in [4.78, 5) is 14.3. The Labute approximate surface area is 113 Å². The van der Waals surface area contributed by atoms with E-state index in [-0.39, 0.29) is 5.91 Å². The molecule has 1 saturated heterocycles. The van der Waals surface area contributed by atoms with Crippen LogP contribution in [0.4, 0.5) is 0 Å². The van der Waals surface area contributed by atoms with Crippen molar-refractivity contribution in [2.24, 2.45) is 0 Å². The van der Waals surface area contributed by atoms with Crippen LogP contribution in [0.25, 0.3) is 10.8 Å². The fraction of sp³-hybridized carbons (Fsp3) is 0.312. The van der Waals surface area contributed by atoms with Crippen LogP contribution in [0.3, 0.4) is 0 Å². The summed E-state index contributed by atoms with van der Waals surface area (Å²) < 4.78 is 0. The molecule has 3 rings (SSSR count). The van der Waals surface area contributed by atoms with Gasteiger partial charge in [-0.15, -0.1) is 0 Å². The highest BCUT2D eigenvalue weighted by molar-refractivity contribution is 5.90. The smallest absolute Gasteiger partial charge is 0.227 e. The zero-order valence-corrected chi connectivity index (χ0v) is 10.9. The van der Waals surface area contributed by atoms with Crippen molar-refractivity contribution in [3.63, 3.8) is 0 Å². The van der Waals surface area contributed by atoms with Crippen molar-refractivity contribution in [1.29, 1.82) is 0 Å². The summed E-state index contributed by atoms with van der Waals surface area (Å²) in [7, 11) is 0. The predicted molar refractivity (Wildman–Crippen MR) is 77.1 cm³/mol. The highest BCUT2D eigenvalue weighted by atomic mass is 16.2. The number of rotatable bonds is 2. The van der Waals surface area contributed by atoms with Crippen molar-refractivity contribution >= 4 is 16.7 Å². The fourth-order valence-corrected chi connectivity index (χ4v) is 2.64. The Morgan fingerprint density at radius 1 is 1.05 bits per heavy atom. The zero-order valence-electron chi connectivity index (χ0n) is 10.9. The number of carbonyl (C=O) groups excluding carboxylic acids is 1. The minimum atomic E-state index is 0.234. The van der Waals surface area contributed by atoms with Gasteiger partial charge >= 0.3 is 0 Å². The monoisotopic (exact) mass is 254 g/mol. The molecule has 0 saturated carbocycles. The number of carbonyl (C=O) groups is 1. The van der Waals surface area contributed by atoms with Crippen LogP contribution in [0.15, 0.2) is 42.5 Å². The van der Waals surface area contributed by atoms with Gasteiger partial charge in [-0.2, -0.15) is 0 Å². The maximum atomic E-state index is 12.3. The molecule has 1 aliphatic heterocycles. The zero-order chi connectivity index (χ0) is 13.1. The summed E-state index contributed by atoms with van der Waals surface area (Å²) in [5, 5.41) is 5.66. The molecular weight excluding hydrogens is 236 g/mol. The molecule has 0 radical (unpaired) electrons. The summed E-state index contributed by atoms with van der Waals surface area (Å²) in [5.41, 5.74) is 1.13. The second kappa shape index (κ2) is 5.41. The lowest BCUT2D eigenvalue weighted by molar-refractivity contribution is -0.131. The Morgan fingerprint density at radius 2 is 1.79 bits per heavy atom. The third-order valence-electron chi connectivity index (χ3n) is 3.69. The molecule has 1 N–H and O–H groups in total. The normalized spacial score (nSPS) is 15.7. The molecule has 0 atom stereocenters. The van der Waals surface area contributed by atoms with E-state index < -0.39 is 0 Å². The Kier molecular flexibility index (Phi) is 3.47. The summed E-state index contributed by atoms with van der Waals surface area (Å²) >= 11 is 0. The van der Waals surface area contributed by atoms with Crippen molar-refractivity contribution in [2.75, 3.05) is 26.2 Å². The SMILES string of the molecule is O=C(Cc1cccc2ccccc12)N1CCNCC1. The first-order valence-corrected chi connectivity index (χ1v) is 6.80. The summed E-state index contributed by atoms with van der Waals surface area (Å²) in [6.07, 6.45) is 0.501. The largest absolute Gasteiger partial charge is 0.340 e. The topological polar surface area (TPSA) is 32.3 Å². The molecule has 1 fully saturated rings. The Hall–Kier alpha value is -1.87. The van der Waals surface area contributed by atoms with E-state index >= 15 is 0 Å². The van der Waals surface area contributed by atoms with E-state index in [2.05, 4.69) is 29.6 Å². The first-order valence-electron chi connectivity index (χ1n) is 6.80. The average molecular weight is 254 g/mol. The molecule has 98 valence electrons. The maximum Gasteiger partial charge on any atom is 0.227 e. The number of benzene rings is 2. The Bertz CT molecular complexity index is 583. The van der Waals surface area contributed by atoms with Crippen LogP contribution in [-0.4, -0.2) is 37.0 Å². The molecule has 0 bridgehead atoms. The number of fused-ring (bicyclic) bond motifs is 1. The van der Waals surface area contributed by atoms with Crippen molar-refractivity contribution in [1.82, 2.24) is 10.2 Å². The molecule has 19 heavy (non-hydrogen) atoms. The Balaban J connectivity index is 1.82. The second-order valence-corrected chi connectivity index (χ2v) is 4.95. The van der Waals surface area contributed by atoms with Crippen molar-refractivity contribution < 1.29 is 4.79 Å². The van der Waals surface area contributed by atoms with Crippen LogP contribution in [0.2, 0.25) is 0 Å². The molecule has 1 heterocycles. The molecule has 0 spiro atoms. The van der Waals surface area contributed by atoms with E-state index in [4.69, 9.17) is 0 Å². The molecule has 1 aliphatic rings.